The zero-order chi connectivity index (χ0) is 14.5. The molecule has 102 valence electrons. The zero-order valence-corrected chi connectivity index (χ0v) is 10.8. The van der Waals surface area contributed by atoms with Crippen LogP contribution in [-0.2, 0) is 6.54 Å². The summed E-state index contributed by atoms with van der Waals surface area (Å²) in [6.45, 7) is 3.31. The summed E-state index contributed by atoms with van der Waals surface area (Å²) in [5.74, 6) is 0. The lowest BCUT2D eigenvalue weighted by Crippen LogP contribution is -2.11. The second-order valence-corrected chi connectivity index (χ2v) is 4.01. The highest BCUT2D eigenvalue weighted by Gasteiger charge is 2.17. The zero-order valence-electron chi connectivity index (χ0n) is 10.8. The summed E-state index contributed by atoms with van der Waals surface area (Å²) in [5, 5.41) is 30.8. The van der Waals surface area contributed by atoms with Crippen LogP contribution in [0.5, 0.6) is 0 Å². The van der Waals surface area contributed by atoms with Crippen molar-refractivity contribution in [1.82, 2.24) is 20.3 Å². The largest absolute Gasteiger partial charge is 0.311 e. The van der Waals surface area contributed by atoms with Crippen molar-refractivity contribution in [2.24, 2.45) is 0 Å². The Hall–Kier alpha value is -2.79. The summed E-state index contributed by atoms with van der Waals surface area (Å²) in [6.07, 6.45) is 1.62. The fraction of sp³-hybridized carbons (Fsp3) is 0.250. The first-order valence-corrected chi connectivity index (χ1v) is 5.96. The summed E-state index contributed by atoms with van der Waals surface area (Å²) >= 11 is 0. The molecule has 0 aliphatic rings. The Labute approximate surface area is 114 Å². The SMILES string of the molecule is CCNCc1cn(-c2ccc(C#N)cc2[N+](=O)[O-])nn1. The second kappa shape index (κ2) is 5.90. The van der Waals surface area contributed by atoms with E-state index in [0.29, 0.717) is 12.2 Å². The lowest BCUT2D eigenvalue weighted by Gasteiger charge is -2.02. The Morgan fingerprint density at radius 3 is 3.00 bits per heavy atom. The molecular formula is C12H12N6O2. The van der Waals surface area contributed by atoms with Crippen LogP contribution in [0.25, 0.3) is 5.69 Å². The number of hydrogen-bond acceptors (Lipinski definition) is 6. The molecule has 0 aliphatic carbocycles. The number of nitro benzene ring substituents is 1. The lowest BCUT2D eigenvalue weighted by atomic mass is 10.2. The highest BCUT2D eigenvalue weighted by atomic mass is 16.6. The molecule has 0 saturated carbocycles. The molecule has 0 aliphatic heterocycles. The molecule has 8 heteroatoms. The Balaban J connectivity index is 2.39. The van der Waals surface area contributed by atoms with E-state index in [1.165, 1.54) is 22.9 Å². The Morgan fingerprint density at radius 1 is 1.55 bits per heavy atom. The van der Waals surface area contributed by atoms with Crippen molar-refractivity contribution in [2.45, 2.75) is 13.5 Å². The van der Waals surface area contributed by atoms with E-state index >= 15 is 0 Å². The monoisotopic (exact) mass is 272 g/mol. The van der Waals surface area contributed by atoms with Crippen molar-refractivity contribution in [3.8, 4) is 11.8 Å². The van der Waals surface area contributed by atoms with Crippen molar-refractivity contribution >= 4 is 5.69 Å². The van der Waals surface area contributed by atoms with Crippen LogP contribution in [0.3, 0.4) is 0 Å². The van der Waals surface area contributed by atoms with E-state index in [-0.39, 0.29) is 16.9 Å². The van der Waals surface area contributed by atoms with Crippen molar-refractivity contribution in [2.75, 3.05) is 6.54 Å². The predicted octanol–water partition coefficient (Wildman–Crippen LogP) is 1.16. The summed E-state index contributed by atoms with van der Waals surface area (Å²) in [6, 6.07) is 6.09. The van der Waals surface area contributed by atoms with Gasteiger partial charge in [-0.15, -0.1) is 5.10 Å². The maximum absolute atomic E-state index is 11.1. The molecule has 0 fully saturated rings. The third-order valence-electron chi connectivity index (χ3n) is 2.64. The number of rotatable bonds is 5. The minimum absolute atomic E-state index is 0.177. The van der Waals surface area contributed by atoms with Gasteiger partial charge in [0, 0.05) is 12.6 Å². The van der Waals surface area contributed by atoms with Gasteiger partial charge in [-0.2, -0.15) is 5.26 Å². The van der Waals surface area contributed by atoms with Gasteiger partial charge in [0.25, 0.3) is 5.69 Å². The van der Waals surface area contributed by atoms with Gasteiger partial charge in [0.1, 0.15) is 5.69 Å². The van der Waals surface area contributed by atoms with Crippen LogP contribution in [0, 0.1) is 21.4 Å². The van der Waals surface area contributed by atoms with E-state index in [0.717, 1.165) is 6.54 Å². The molecule has 0 spiro atoms. The van der Waals surface area contributed by atoms with Crippen LogP contribution >= 0.6 is 0 Å². The van der Waals surface area contributed by atoms with Crippen molar-refractivity contribution < 1.29 is 4.92 Å². The van der Waals surface area contributed by atoms with Gasteiger partial charge in [-0.05, 0) is 18.7 Å². The molecule has 0 saturated heterocycles. The van der Waals surface area contributed by atoms with Crippen LogP contribution in [-0.4, -0.2) is 26.5 Å². The van der Waals surface area contributed by atoms with Gasteiger partial charge in [-0.25, -0.2) is 4.68 Å². The number of nitrogens with zero attached hydrogens (tertiary/aromatic N) is 5. The first-order valence-electron chi connectivity index (χ1n) is 5.96. The number of aromatic nitrogens is 3. The molecule has 0 atom stereocenters. The minimum Gasteiger partial charge on any atom is -0.311 e. The fourth-order valence-electron chi connectivity index (χ4n) is 1.68. The van der Waals surface area contributed by atoms with Crippen LogP contribution in [0.15, 0.2) is 24.4 Å². The highest BCUT2D eigenvalue weighted by Crippen LogP contribution is 2.23. The van der Waals surface area contributed by atoms with Gasteiger partial charge in [0.05, 0.1) is 28.4 Å². The van der Waals surface area contributed by atoms with Gasteiger partial charge in [0.15, 0.2) is 0 Å². The molecule has 1 aromatic heterocycles. The Morgan fingerprint density at radius 2 is 2.35 bits per heavy atom. The predicted molar refractivity (Wildman–Crippen MR) is 70.1 cm³/mol. The average molecular weight is 272 g/mol. The molecule has 2 aromatic rings. The number of nitrogens with one attached hydrogen (secondary N) is 1. The fourth-order valence-corrected chi connectivity index (χ4v) is 1.68. The van der Waals surface area contributed by atoms with E-state index in [2.05, 4.69) is 15.6 Å². The smallest absolute Gasteiger partial charge is 0.296 e. The third kappa shape index (κ3) is 2.78. The van der Waals surface area contributed by atoms with Crippen LogP contribution in [0.1, 0.15) is 18.2 Å². The van der Waals surface area contributed by atoms with E-state index < -0.39 is 4.92 Å². The van der Waals surface area contributed by atoms with Crippen LogP contribution < -0.4 is 5.32 Å². The standard InChI is InChI=1S/C12H12N6O2/c1-2-14-7-10-8-17(16-15-10)11-4-3-9(6-13)5-12(11)18(19)20/h3-5,8,14H,2,7H2,1H3. The molecule has 1 aromatic carbocycles. The summed E-state index contributed by atoms with van der Waals surface area (Å²) in [7, 11) is 0. The number of benzene rings is 1. The number of nitriles is 1. The Kier molecular flexibility index (Phi) is 4.02. The number of nitro groups is 1. The molecule has 1 heterocycles. The van der Waals surface area contributed by atoms with Gasteiger partial charge >= 0.3 is 0 Å². The highest BCUT2D eigenvalue weighted by molar-refractivity contribution is 5.55. The minimum atomic E-state index is -0.540. The summed E-state index contributed by atoms with van der Waals surface area (Å²) < 4.78 is 1.34. The molecule has 0 bridgehead atoms. The molecule has 2 rings (SSSR count). The quantitative estimate of drug-likeness (QED) is 0.646. The number of hydrogen-bond donors (Lipinski definition) is 1. The summed E-state index contributed by atoms with van der Waals surface area (Å²) in [5.41, 5.74) is 1.02. The average Bonchev–Trinajstić information content (AvgIpc) is 2.93. The van der Waals surface area contributed by atoms with Crippen molar-refractivity contribution in [1.29, 1.82) is 5.26 Å². The topological polar surface area (TPSA) is 110 Å². The van der Waals surface area contributed by atoms with Gasteiger partial charge < -0.3 is 5.32 Å². The molecular weight excluding hydrogens is 260 g/mol. The maximum Gasteiger partial charge on any atom is 0.296 e. The van der Waals surface area contributed by atoms with E-state index in [4.69, 9.17) is 5.26 Å². The molecule has 1 N–H and O–H groups in total. The maximum atomic E-state index is 11.1. The van der Waals surface area contributed by atoms with Crippen LogP contribution in [0.2, 0.25) is 0 Å². The molecule has 0 unspecified atom stereocenters. The normalized spacial score (nSPS) is 10.2. The van der Waals surface area contributed by atoms with E-state index in [1.54, 1.807) is 6.20 Å². The van der Waals surface area contributed by atoms with E-state index in [1.807, 2.05) is 13.0 Å². The first-order chi connectivity index (χ1) is 9.65. The first kappa shape index (κ1) is 13.6. The molecule has 0 amide bonds. The molecule has 20 heavy (non-hydrogen) atoms. The summed E-state index contributed by atoms with van der Waals surface area (Å²) in [4.78, 5) is 10.5. The Bertz CT molecular complexity index is 673. The second-order valence-electron chi connectivity index (χ2n) is 4.01. The van der Waals surface area contributed by atoms with Crippen molar-refractivity contribution in [3.63, 3.8) is 0 Å². The molecule has 0 radical (unpaired) electrons. The van der Waals surface area contributed by atoms with Gasteiger partial charge in [0.2, 0.25) is 0 Å². The third-order valence-corrected chi connectivity index (χ3v) is 2.64. The van der Waals surface area contributed by atoms with Crippen molar-refractivity contribution in [3.05, 3.63) is 45.8 Å². The lowest BCUT2D eigenvalue weighted by molar-refractivity contribution is -0.384. The van der Waals surface area contributed by atoms with Gasteiger partial charge in [-0.3, -0.25) is 10.1 Å². The molecule has 8 nitrogen and oxygen atoms in total. The van der Waals surface area contributed by atoms with Crippen LogP contribution in [0.4, 0.5) is 5.69 Å². The van der Waals surface area contributed by atoms with Gasteiger partial charge in [-0.1, -0.05) is 12.1 Å². The van der Waals surface area contributed by atoms with E-state index in [9.17, 15) is 10.1 Å².